The van der Waals surface area contributed by atoms with Gasteiger partial charge in [0.25, 0.3) is 0 Å². The maximum absolute atomic E-state index is 9.42. The molecule has 1 aliphatic heterocycles. The molecule has 2 heterocycles. The number of benzene rings is 1. The summed E-state index contributed by atoms with van der Waals surface area (Å²) in [4.78, 5) is 7.35. The molecule has 0 amide bonds. The van der Waals surface area contributed by atoms with Crippen LogP contribution in [0.15, 0.2) is 42.0 Å². The van der Waals surface area contributed by atoms with Crippen LogP contribution in [0.25, 0.3) is 0 Å². The van der Waals surface area contributed by atoms with Gasteiger partial charge in [-0.3, -0.25) is 9.88 Å². The molecular formula is C17H19N3OS. The van der Waals surface area contributed by atoms with Crippen LogP contribution in [-0.2, 0) is 11.3 Å². The van der Waals surface area contributed by atoms with Crippen LogP contribution >= 0.6 is 11.3 Å². The highest BCUT2D eigenvalue weighted by molar-refractivity contribution is 7.09. The number of nitrogens with zero attached hydrogens (tertiary/aromatic N) is 3. The normalized spacial score (nSPS) is 18.0. The zero-order chi connectivity index (χ0) is 15.2. The monoisotopic (exact) mass is 313 g/mol. The van der Waals surface area contributed by atoms with Crippen molar-refractivity contribution in [1.29, 1.82) is 5.26 Å². The zero-order valence-corrected chi connectivity index (χ0v) is 13.2. The lowest BCUT2D eigenvalue weighted by Gasteiger charge is -2.34. The maximum Gasteiger partial charge on any atom is 0.134 e. The standard InChI is InChI=1S/C17H19N3OS/c18-10-16(17-11-19-13-22-17)20-8-6-15(7-9-20)21-12-14-4-2-1-3-5-14/h1-5,11,13,15-16H,6-9,12H2. The van der Waals surface area contributed by atoms with E-state index in [0.29, 0.717) is 6.61 Å². The predicted molar refractivity (Wildman–Crippen MR) is 86.3 cm³/mol. The van der Waals surface area contributed by atoms with Gasteiger partial charge in [0.1, 0.15) is 6.04 Å². The SMILES string of the molecule is N#CC(c1cncs1)N1CCC(OCc2ccccc2)CC1. The summed E-state index contributed by atoms with van der Waals surface area (Å²) in [5.74, 6) is 0. The average Bonchev–Trinajstić information content (AvgIpc) is 3.10. The third kappa shape index (κ3) is 3.72. The molecule has 1 unspecified atom stereocenters. The van der Waals surface area contributed by atoms with Crippen LogP contribution < -0.4 is 0 Å². The number of aromatic nitrogens is 1. The molecule has 0 saturated carbocycles. The second kappa shape index (κ2) is 7.50. The van der Waals surface area contributed by atoms with E-state index in [2.05, 4.69) is 28.1 Å². The Labute approximate surface area is 135 Å². The first-order valence-corrected chi connectivity index (χ1v) is 8.42. The van der Waals surface area contributed by atoms with E-state index in [1.165, 1.54) is 5.56 Å². The van der Waals surface area contributed by atoms with Gasteiger partial charge in [0.2, 0.25) is 0 Å². The first-order valence-electron chi connectivity index (χ1n) is 7.54. The van der Waals surface area contributed by atoms with Gasteiger partial charge in [-0.1, -0.05) is 30.3 Å². The maximum atomic E-state index is 9.42. The van der Waals surface area contributed by atoms with E-state index < -0.39 is 0 Å². The van der Waals surface area contributed by atoms with Crippen molar-refractivity contribution >= 4 is 11.3 Å². The van der Waals surface area contributed by atoms with Crippen LogP contribution in [0.5, 0.6) is 0 Å². The van der Waals surface area contributed by atoms with Gasteiger partial charge in [-0.15, -0.1) is 11.3 Å². The molecule has 1 saturated heterocycles. The summed E-state index contributed by atoms with van der Waals surface area (Å²) < 4.78 is 6.00. The minimum Gasteiger partial charge on any atom is -0.373 e. The smallest absolute Gasteiger partial charge is 0.134 e. The van der Waals surface area contributed by atoms with E-state index in [-0.39, 0.29) is 12.1 Å². The summed E-state index contributed by atoms with van der Waals surface area (Å²) in [5, 5.41) is 9.42. The highest BCUT2D eigenvalue weighted by Crippen LogP contribution is 2.27. The van der Waals surface area contributed by atoms with Crippen LogP contribution in [0.1, 0.15) is 29.3 Å². The van der Waals surface area contributed by atoms with Crippen LogP contribution in [-0.4, -0.2) is 29.1 Å². The lowest BCUT2D eigenvalue weighted by Crippen LogP contribution is -2.38. The highest BCUT2D eigenvalue weighted by Gasteiger charge is 2.27. The lowest BCUT2D eigenvalue weighted by molar-refractivity contribution is -0.00673. The molecule has 1 aliphatic rings. The van der Waals surface area contributed by atoms with Gasteiger partial charge in [0, 0.05) is 19.3 Å². The molecule has 114 valence electrons. The topological polar surface area (TPSA) is 49.2 Å². The average molecular weight is 313 g/mol. The Morgan fingerprint density at radius 1 is 1.32 bits per heavy atom. The second-order valence-electron chi connectivity index (χ2n) is 5.47. The summed E-state index contributed by atoms with van der Waals surface area (Å²) in [6.07, 6.45) is 4.04. The summed E-state index contributed by atoms with van der Waals surface area (Å²) >= 11 is 1.55. The molecule has 0 bridgehead atoms. The summed E-state index contributed by atoms with van der Waals surface area (Å²) in [6, 6.07) is 12.5. The molecule has 3 rings (SSSR count). The van der Waals surface area contributed by atoms with Gasteiger partial charge in [-0.25, -0.2) is 0 Å². The number of hydrogen-bond acceptors (Lipinski definition) is 5. The van der Waals surface area contributed by atoms with Crippen molar-refractivity contribution in [2.45, 2.75) is 31.6 Å². The number of likely N-dealkylation sites (tertiary alicyclic amines) is 1. The highest BCUT2D eigenvalue weighted by atomic mass is 32.1. The van der Waals surface area contributed by atoms with Gasteiger partial charge >= 0.3 is 0 Å². The first kappa shape index (κ1) is 15.2. The Bertz CT molecular complexity index is 601. The van der Waals surface area contributed by atoms with Crippen molar-refractivity contribution in [2.24, 2.45) is 0 Å². The van der Waals surface area contributed by atoms with Crippen molar-refractivity contribution in [1.82, 2.24) is 9.88 Å². The van der Waals surface area contributed by atoms with Crippen molar-refractivity contribution in [3.63, 3.8) is 0 Å². The molecule has 2 aromatic rings. The summed E-state index contributed by atoms with van der Waals surface area (Å²) in [6.45, 7) is 2.47. The zero-order valence-electron chi connectivity index (χ0n) is 12.4. The lowest BCUT2D eigenvalue weighted by atomic mass is 10.1. The summed E-state index contributed by atoms with van der Waals surface area (Å²) in [5.41, 5.74) is 3.00. The molecule has 5 heteroatoms. The molecule has 1 atom stereocenters. The van der Waals surface area contributed by atoms with Gasteiger partial charge < -0.3 is 4.74 Å². The van der Waals surface area contributed by atoms with Crippen LogP contribution in [0.4, 0.5) is 0 Å². The van der Waals surface area contributed by atoms with E-state index in [0.717, 1.165) is 30.8 Å². The van der Waals surface area contributed by atoms with Crippen molar-refractivity contribution < 1.29 is 4.74 Å². The number of ether oxygens (including phenoxy) is 1. The van der Waals surface area contributed by atoms with Gasteiger partial charge in [-0.2, -0.15) is 5.26 Å². The molecule has 0 radical (unpaired) electrons. The first-order chi connectivity index (χ1) is 10.9. The molecular weight excluding hydrogens is 294 g/mol. The number of hydrogen-bond donors (Lipinski definition) is 0. The largest absolute Gasteiger partial charge is 0.373 e. The molecule has 1 fully saturated rings. The summed E-state index contributed by atoms with van der Waals surface area (Å²) in [7, 11) is 0. The number of piperidine rings is 1. The Morgan fingerprint density at radius 2 is 2.09 bits per heavy atom. The third-order valence-electron chi connectivity index (χ3n) is 4.01. The molecule has 1 aromatic carbocycles. The minimum absolute atomic E-state index is 0.164. The van der Waals surface area contributed by atoms with Crippen molar-refractivity contribution in [3.05, 3.63) is 52.5 Å². The van der Waals surface area contributed by atoms with E-state index in [1.807, 2.05) is 18.2 Å². The quantitative estimate of drug-likeness (QED) is 0.849. The number of rotatable bonds is 5. The van der Waals surface area contributed by atoms with Gasteiger partial charge in [-0.05, 0) is 18.4 Å². The molecule has 0 N–H and O–H groups in total. The second-order valence-corrected chi connectivity index (χ2v) is 6.39. The van der Waals surface area contributed by atoms with E-state index in [9.17, 15) is 5.26 Å². The molecule has 0 spiro atoms. The Kier molecular flexibility index (Phi) is 5.17. The van der Waals surface area contributed by atoms with E-state index >= 15 is 0 Å². The third-order valence-corrected chi connectivity index (χ3v) is 4.84. The molecule has 0 aliphatic carbocycles. The molecule has 22 heavy (non-hydrogen) atoms. The van der Waals surface area contributed by atoms with E-state index in [4.69, 9.17) is 4.74 Å². The Morgan fingerprint density at radius 3 is 2.73 bits per heavy atom. The van der Waals surface area contributed by atoms with Crippen molar-refractivity contribution in [3.8, 4) is 6.07 Å². The molecule has 1 aromatic heterocycles. The fourth-order valence-electron chi connectivity index (χ4n) is 2.77. The number of thiazole rings is 1. The fraction of sp³-hybridized carbons (Fsp3) is 0.412. The van der Waals surface area contributed by atoms with E-state index in [1.54, 1.807) is 23.0 Å². The van der Waals surface area contributed by atoms with Crippen LogP contribution in [0, 0.1) is 11.3 Å². The van der Waals surface area contributed by atoms with Crippen molar-refractivity contribution in [2.75, 3.05) is 13.1 Å². The minimum atomic E-state index is -0.164. The Hall–Kier alpha value is -1.74. The van der Waals surface area contributed by atoms with Crippen LogP contribution in [0.2, 0.25) is 0 Å². The number of nitriles is 1. The van der Waals surface area contributed by atoms with Crippen LogP contribution in [0.3, 0.4) is 0 Å². The fourth-order valence-corrected chi connectivity index (χ4v) is 3.47. The predicted octanol–water partition coefficient (Wildman–Crippen LogP) is 3.39. The molecule has 4 nitrogen and oxygen atoms in total. The van der Waals surface area contributed by atoms with Gasteiger partial charge in [0.05, 0.1) is 29.2 Å². The van der Waals surface area contributed by atoms with Gasteiger partial charge in [0.15, 0.2) is 0 Å². The Balaban J connectivity index is 1.49.